The number of hydrogen-bond acceptors (Lipinski definition) is 2. The molecule has 0 atom stereocenters. The van der Waals surface area contributed by atoms with Gasteiger partial charge in [-0.05, 0) is 11.1 Å². The van der Waals surface area contributed by atoms with E-state index in [0.717, 1.165) is 5.57 Å². The zero-order valence-electron chi connectivity index (χ0n) is 9.95. The zero-order chi connectivity index (χ0) is 12.6. The van der Waals surface area contributed by atoms with E-state index in [9.17, 15) is 4.79 Å². The van der Waals surface area contributed by atoms with Gasteiger partial charge in [0.25, 0.3) is 0 Å². The second-order valence-corrected chi connectivity index (χ2v) is 3.84. The molecular weight excluding hydrogens is 224 g/mol. The number of carbonyl (C=O) groups is 1. The van der Waals surface area contributed by atoms with Gasteiger partial charge in [-0.1, -0.05) is 66.8 Å². The lowest BCUT2D eigenvalue weighted by Gasteiger charge is -1.89. The monoisotopic (exact) mass is 238 g/mol. The molecular formula is C16H14O2. The van der Waals surface area contributed by atoms with Gasteiger partial charge in [-0.2, -0.15) is 0 Å². The Bertz CT molecular complexity index is 519. The van der Waals surface area contributed by atoms with Gasteiger partial charge >= 0.3 is 5.97 Å². The van der Waals surface area contributed by atoms with Crippen LogP contribution in [0.4, 0.5) is 0 Å². The van der Waals surface area contributed by atoms with Gasteiger partial charge in [0.05, 0.1) is 0 Å². The molecule has 1 aromatic rings. The molecule has 0 N–H and O–H groups in total. The van der Waals surface area contributed by atoms with Crippen molar-refractivity contribution < 1.29 is 9.53 Å². The van der Waals surface area contributed by atoms with Gasteiger partial charge in [-0.25, -0.2) is 4.79 Å². The number of hydrogen-bond donors (Lipinski definition) is 0. The van der Waals surface area contributed by atoms with Gasteiger partial charge in [0.2, 0.25) is 0 Å². The lowest BCUT2D eigenvalue weighted by Crippen LogP contribution is -1.90. The second kappa shape index (κ2) is 6.40. The Morgan fingerprint density at radius 3 is 2.33 bits per heavy atom. The molecule has 1 aliphatic heterocycles. The van der Waals surface area contributed by atoms with Crippen molar-refractivity contribution in [3.8, 4) is 0 Å². The smallest absolute Gasteiger partial charge is 0.331 e. The number of carbonyl (C=O) groups excluding carboxylic acids is 1. The molecule has 0 unspecified atom stereocenters. The number of allylic oxidation sites excluding steroid dienone is 4. The van der Waals surface area contributed by atoms with Crippen LogP contribution in [-0.4, -0.2) is 12.6 Å². The van der Waals surface area contributed by atoms with Crippen LogP contribution in [0, 0.1) is 0 Å². The first-order chi connectivity index (χ1) is 8.84. The molecule has 90 valence electrons. The topological polar surface area (TPSA) is 26.3 Å². The van der Waals surface area contributed by atoms with Crippen LogP contribution < -0.4 is 0 Å². The molecule has 0 aliphatic carbocycles. The number of benzene rings is 1. The summed E-state index contributed by atoms with van der Waals surface area (Å²) in [5.41, 5.74) is 2.07. The van der Waals surface area contributed by atoms with Crippen LogP contribution in [0.25, 0.3) is 6.08 Å². The predicted octanol–water partition coefficient (Wildman–Crippen LogP) is 3.30. The fourth-order valence-corrected chi connectivity index (χ4v) is 1.52. The second-order valence-electron chi connectivity index (χ2n) is 3.84. The highest BCUT2D eigenvalue weighted by Gasteiger charge is 2.08. The highest BCUT2D eigenvalue weighted by atomic mass is 16.5. The fourth-order valence-electron chi connectivity index (χ4n) is 1.52. The van der Waals surface area contributed by atoms with Gasteiger partial charge in [0.1, 0.15) is 6.61 Å². The third-order valence-electron chi connectivity index (χ3n) is 2.42. The summed E-state index contributed by atoms with van der Waals surface area (Å²) in [6.45, 7) is 0.378. The number of esters is 1. The molecule has 18 heavy (non-hydrogen) atoms. The van der Waals surface area contributed by atoms with E-state index in [0.29, 0.717) is 6.61 Å². The predicted molar refractivity (Wildman–Crippen MR) is 72.8 cm³/mol. The molecule has 1 heterocycles. The molecule has 1 aromatic carbocycles. The molecule has 0 saturated carbocycles. The summed E-state index contributed by atoms with van der Waals surface area (Å²) >= 11 is 0. The van der Waals surface area contributed by atoms with E-state index in [4.69, 9.17) is 4.74 Å². The lowest BCUT2D eigenvalue weighted by molar-refractivity contribution is -0.134. The summed E-state index contributed by atoms with van der Waals surface area (Å²) < 4.78 is 4.78. The van der Waals surface area contributed by atoms with Gasteiger partial charge in [0.15, 0.2) is 0 Å². The average molecular weight is 238 g/mol. The first-order valence-electron chi connectivity index (χ1n) is 5.78. The first kappa shape index (κ1) is 12.1. The minimum atomic E-state index is -0.261. The maximum absolute atomic E-state index is 10.8. The quantitative estimate of drug-likeness (QED) is 0.594. The summed E-state index contributed by atoms with van der Waals surface area (Å²) in [7, 11) is 0. The summed E-state index contributed by atoms with van der Waals surface area (Å²) in [5.74, 6) is -0.261. The molecule has 2 heteroatoms. The van der Waals surface area contributed by atoms with Crippen molar-refractivity contribution in [1.82, 2.24) is 0 Å². The average Bonchev–Trinajstić information content (AvgIpc) is 2.81. The van der Waals surface area contributed by atoms with Crippen molar-refractivity contribution in [3.05, 3.63) is 77.9 Å². The van der Waals surface area contributed by atoms with Crippen molar-refractivity contribution in [3.63, 3.8) is 0 Å². The normalized spacial score (nSPS) is 15.8. The molecule has 0 radical (unpaired) electrons. The van der Waals surface area contributed by atoms with Gasteiger partial charge in [-0.15, -0.1) is 0 Å². The van der Waals surface area contributed by atoms with E-state index in [1.54, 1.807) is 0 Å². The van der Waals surface area contributed by atoms with E-state index in [2.05, 4.69) is 0 Å². The minimum absolute atomic E-state index is 0.261. The Kier molecular flexibility index (Phi) is 4.31. The Hall–Kier alpha value is -2.35. The molecule has 0 fully saturated rings. The third kappa shape index (κ3) is 3.91. The van der Waals surface area contributed by atoms with Crippen LogP contribution in [0.3, 0.4) is 0 Å². The standard InChI is InChI=1S/C16H14O2/c17-16-12-15(13-18-16)11-5-2-1-4-8-14-9-6-3-7-10-14/h1-12H,13H2/b2-1+,8-4+,11-5+. The summed E-state index contributed by atoms with van der Waals surface area (Å²) in [6, 6.07) is 10.1. The van der Waals surface area contributed by atoms with Crippen LogP contribution >= 0.6 is 0 Å². The van der Waals surface area contributed by atoms with Crippen molar-refractivity contribution >= 4 is 12.0 Å². The highest BCUT2D eigenvalue weighted by molar-refractivity contribution is 5.86. The van der Waals surface area contributed by atoms with Crippen LogP contribution in [0.2, 0.25) is 0 Å². The summed E-state index contributed by atoms with van der Waals surface area (Å²) in [6.07, 6.45) is 13.1. The van der Waals surface area contributed by atoms with Gasteiger partial charge in [-0.3, -0.25) is 0 Å². The number of rotatable bonds is 4. The SMILES string of the molecule is O=C1C=C(/C=C/C=C/C=C/c2ccccc2)CO1. The third-order valence-corrected chi connectivity index (χ3v) is 2.42. The van der Waals surface area contributed by atoms with Gasteiger partial charge in [0, 0.05) is 6.08 Å². The van der Waals surface area contributed by atoms with Crippen molar-refractivity contribution in [2.24, 2.45) is 0 Å². The van der Waals surface area contributed by atoms with E-state index in [-0.39, 0.29) is 5.97 Å². The Labute approximate surface area is 107 Å². The number of ether oxygens (including phenoxy) is 1. The Morgan fingerprint density at radius 1 is 0.944 bits per heavy atom. The Balaban J connectivity index is 1.82. The molecule has 0 saturated heterocycles. The highest BCUT2D eigenvalue weighted by Crippen LogP contribution is 2.07. The Morgan fingerprint density at radius 2 is 1.67 bits per heavy atom. The van der Waals surface area contributed by atoms with Gasteiger partial charge < -0.3 is 4.74 Å². The van der Waals surface area contributed by atoms with Crippen molar-refractivity contribution in [2.45, 2.75) is 0 Å². The van der Waals surface area contributed by atoms with Crippen LogP contribution in [0.1, 0.15) is 5.56 Å². The first-order valence-corrected chi connectivity index (χ1v) is 5.78. The minimum Gasteiger partial charge on any atom is -0.458 e. The lowest BCUT2D eigenvalue weighted by atomic mass is 10.2. The maximum atomic E-state index is 10.8. The summed E-state index contributed by atoms with van der Waals surface area (Å²) in [5, 5.41) is 0. The van der Waals surface area contributed by atoms with Crippen LogP contribution in [0.15, 0.2) is 72.4 Å². The largest absolute Gasteiger partial charge is 0.458 e. The molecule has 2 rings (SSSR count). The van der Waals surface area contributed by atoms with E-state index in [1.165, 1.54) is 11.6 Å². The number of cyclic esters (lactones) is 1. The van der Waals surface area contributed by atoms with Crippen LogP contribution in [-0.2, 0) is 9.53 Å². The van der Waals surface area contributed by atoms with E-state index >= 15 is 0 Å². The fraction of sp³-hybridized carbons (Fsp3) is 0.0625. The molecule has 0 aromatic heterocycles. The van der Waals surface area contributed by atoms with E-state index < -0.39 is 0 Å². The van der Waals surface area contributed by atoms with Crippen LogP contribution in [0.5, 0.6) is 0 Å². The maximum Gasteiger partial charge on any atom is 0.331 e. The molecule has 0 bridgehead atoms. The summed E-state index contributed by atoms with van der Waals surface area (Å²) in [4.78, 5) is 10.8. The zero-order valence-corrected chi connectivity index (χ0v) is 9.95. The van der Waals surface area contributed by atoms with Crippen molar-refractivity contribution in [2.75, 3.05) is 6.61 Å². The molecule has 0 spiro atoms. The molecule has 1 aliphatic rings. The van der Waals surface area contributed by atoms with E-state index in [1.807, 2.05) is 66.8 Å². The molecule has 2 nitrogen and oxygen atoms in total. The molecule has 0 amide bonds. The van der Waals surface area contributed by atoms with Crippen molar-refractivity contribution in [1.29, 1.82) is 0 Å².